The van der Waals surface area contributed by atoms with Crippen molar-refractivity contribution in [2.45, 2.75) is 19.9 Å². The summed E-state index contributed by atoms with van der Waals surface area (Å²) in [5.41, 5.74) is 3.91. The van der Waals surface area contributed by atoms with E-state index in [1.807, 2.05) is 38.1 Å². The molecule has 126 valence electrons. The van der Waals surface area contributed by atoms with Gasteiger partial charge in [-0.3, -0.25) is 4.98 Å². The van der Waals surface area contributed by atoms with E-state index in [2.05, 4.69) is 21.5 Å². The van der Waals surface area contributed by atoms with E-state index in [0.29, 0.717) is 22.9 Å². The Morgan fingerprint density at radius 3 is 2.88 bits per heavy atom. The maximum Gasteiger partial charge on any atom is 0.338 e. The molecule has 3 aromatic rings. The third-order valence-corrected chi connectivity index (χ3v) is 4.35. The molecule has 1 atom stereocenters. The van der Waals surface area contributed by atoms with Crippen LogP contribution in [0.15, 0.2) is 47.9 Å². The summed E-state index contributed by atoms with van der Waals surface area (Å²) in [4.78, 5) is 21.4. The number of benzene rings is 1. The molecule has 0 bridgehead atoms. The van der Waals surface area contributed by atoms with E-state index in [4.69, 9.17) is 9.72 Å². The number of pyridine rings is 1. The third kappa shape index (κ3) is 2.44. The van der Waals surface area contributed by atoms with Gasteiger partial charge in [0.1, 0.15) is 12.4 Å². The minimum Gasteiger partial charge on any atom is -0.466 e. The maximum absolute atomic E-state index is 12.4. The van der Waals surface area contributed by atoms with E-state index in [1.165, 1.54) is 19.0 Å². The van der Waals surface area contributed by atoms with Crippen molar-refractivity contribution in [3.05, 3.63) is 59.2 Å². The quantitative estimate of drug-likeness (QED) is 0.725. The molecule has 1 aliphatic heterocycles. The lowest BCUT2D eigenvalue weighted by Gasteiger charge is -2.27. The van der Waals surface area contributed by atoms with Crippen molar-refractivity contribution in [3.8, 4) is 0 Å². The molecule has 0 unspecified atom stereocenters. The van der Waals surface area contributed by atoms with Gasteiger partial charge in [0.25, 0.3) is 0 Å². The molecule has 25 heavy (non-hydrogen) atoms. The van der Waals surface area contributed by atoms with Gasteiger partial charge in [-0.1, -0.05) is 17.7 Å². The number of anilines is 1. The average molecular weight is 335 g/mol. The SMILES string of the molecule is COC(=O)C1=C(C)Nc2ncnn2[C@H]1c1ccc2cc(C)ccc2n1. The number of nitrogens with zero attached hydrogens (tertiary/aromatic N) is 4. The average Bonchev–Trinajstić information content (AvgIpc) is 3.07. The van der Waals surface area contributed by atoms with E-state index in [9.17, 15) is 4.79 Å². The Hall–Kier alpha value is -3.22. The molecule has 0 amide bonds. The number of hydrogen-bond donors (Lipinski definition) is 1. The van der Waals surface area contributed by atoms with Crippen molar-refractivity contribution in [2.75, 3.05) is 12.4 Å². The number of hydrogen-bond acceptors (Lipinski definition) is 6. The van der Waals surface area contributed by atoms with E-state index < -0.39 is 12.0 Å². The summed E-state index contributed by atoms with van der Waals surface area (Å²) in [6, 6.07) is 9.51. The Bertz CT molecular complexity index is 1020. The van der Waals surface area contributed by atoms with Gasteiger partial charge in [-0.25, -0.2) is 9.48 Å². The lowest BCUT2D eigenvalue weighted by Crippen LogP contribution is -2.29. The van der Waals surface area contributed by atoms with E-state index >= 15 is 0 Å². The van der Waals surface area contributed by atoms with Crippen LogP contribution in [-0.2, 0) is 9.53 Å². The molecule has 0 saturated heterocycles. The van der Waals surface area contributed by atoms with Gasteiger partial charge < -0.3 is 10.1 Å². The molecule has 7 heteroatoms. The first-order valence-electron chi connectivity index (χ1n) is 7.91. The number of aromatic nitrogens is 4. The van der Waals surface area contributed by atoms with Crippen LogP contribution < -0.4 is 5.32 Å². The van der Waals surface area contributed by atoms with Crippen LogP contribution in [0.25, 0.3) is 10.9 Å². The molecule has 2 aromatic heterocycles. The molecule has 1 aliphatic rings. The molecule has 0 spiro atoms. The number of methoxy groups -OCH3 is 1. The Labute approximate surface area is 144 Å². The van der Waals surface area contributed by atoms with Gasteiger partial charge in [0.15, 0.2) is 0 Å². The summed E-state index contributed by atoms with van der Waals surface area (Å²) in [6.07, 6.45) is 1.45. The zero-order valence-electron chi connectivity index (χ0n) is 14.1. The first-order valence-corrected chi connectivity index (χ1v) is 7.91. The van der Waals surface area contributed by atoms with Crippen molar-refractivity contribution < 1.29 is 9.53 Å². The van der Waals surface area contributed by atoms with Crippen LogP contribution in [0.1, 0.15) is 24.2 Å². The summed E-state index contributed by atoms with van der Waals surface area (Å²) in [6.45, 7) is 3.87. The smallest absolute Gasteiger partial charge is 0.338 e. The highest BCUT2D eigenvalue weighted by Crippen LogP contribution is 2.34. The topological polar surface area (TPSA) is 81.9 Å². The Morgan fingerprint density at radius 1 is 1.24 bits per heavy atom. The predicted octanol–water partition coefficient (Wildman–Crippen LogP) is 2.60. The summed E-state index contributed by atoms with van der Waals surface area (Å²) in [7, 11) is 1.37. The van der Waals surface area contributed by atoms with Crippen LogP contribution >= 0.6 is 0 Å². The number of ether oxygens (including phenoxy) is 1. The zero-order chi connectivity index (χ0) is 17.6. The Balaban J connectivity index is 1.92. The van der Waals surface area contributed by atoms with Gasteiger partial charge in [-0.2, -0.15) is 10.1 Å². The maximum atomic E-state index is 12.4. The van der Waals surface area contributed by atoms with Crippen molar-refractivity contribution in [1.82, 2.24) is 19.7 Å². The monoisotopic (exact) mass is 335 g/mol. The summed E-state index contributed by atoms with van der Waals surface area (Å²) in [5.74, 6) is 0.155. The molecule has 3 heterocycles. The highest BCUT2D eigenvalue weighted by Gasteiger charge is 2.34. The second-order valence-electron chi connectivity index (χ2n) is 6.02. The largest absolute Gasteiger partial charge is 0.466 e. The van der Waals surface area contributed by atoms with Crippen LogP contribution in [0, 0.1) is 6.92 Å². The van der Waals surface area contributed by atoms with Crippen LogP contribution in [0.2, 0.25) is 0 Å². The number of rotatable bonds is 2. The number of carbonyl (C=O) groups is 1. The fourth-order valence-corrected chi connectivity index (χ4v) is 3.15. The second-order valence-corrected chi connectivity index (χ2v) is 6.02. The summed E-state index contributed by atoms with van der Waals surface area (Å²) in [5, 5.41) is 8.41. The van der Waals surface area contributed by atoms with Gasteiger partial charge in [-0.05, 0) is 32.0 Å². The third-order valence-electron chi connectivity index (χ3n) is 4.35. The van der Waals surface area contributed by atoms with Crippen molar-refractivity contribution in [3.63, 3.8) is 0 Å². The first-order chi connectivity index (χ1) is 12.1. The van der Waals surface area contributed by atoms with Crippen molar-refractivity contribution >= 4 is 22.8 Å². The lowest BCUT2D eigenvalue weighted by atomic mass is 9.99. The summed E-state index contributed by atoms with van der Waals surface area (Å²) >= 11 is 0. The molecule has 1 N–H and O–H groups in total. The van der Waals surface area contributed by atoms with E-state index in [-0.39, 0.29) is 0 Å². The molecule has 7 nitrogen and oxygen atoms in total. The zero-order valence-corrected chi connectivity index (χ0v) is 14.1. The van der Waals surface area contributed by atoms with Gasteiger partial charge in [0.05, 0.1) is 23.9 Å². The van der Waals surface area contributed by atoms with Crippen LogP contribution in [0.3, 0.4) is 0 Å². The van der Waals surface area contributed by atoms with Gasteiger partial charge >= 0.3 is 5.97 Å². The van der Waals surface area contributed by atoms with Crippen LogP contribution in [0.5, 0.6) is 0 Å². The molecular formula is C18H17N5O2. The number of fused-ring (bicyclic) bond motifs is 2. The molecule has 0 radical (unpaired) electrons. The minimum absolute atomic E-state index is 0.415. The van der Waals surface area contributed by atoms with E-state index in [1.54, 1.807) is 4.68 Å². The van der Waals surface area contributed by atoms with Crippen molar-refractivity contribution in [1.29, 1.82) is 0 Å². The van der Waals surface area contributed by atoms with Crippen LogP contribution in [-0.4, -0.2) is 32.8 Å². The van der Waals surface area contributed by atoms with Gasteiger partial charge in [0.2, 0.25) is 5.95 Å². The van der Waals surface area contributed by atoms with Crippen LogP contribution in [0.4, 0.5) is 5.95 Å². The lowest BCUT2D eigenvalue weighted by molar-refractivity contribution is -0.136. The Kier molecular flexibility index (Phi) is 3.49. The van der Waals surface area contributed by atoms with Gasteiger partial charge in [0, 0.05) is 11.1 Å². The first kappa shape index (κ1) is 15.3. The second kappa shape index (κ2) is 5.70. The molecule has 4 rings (SSSR count). The molecule has 0 aliphatic carbocycles. The van der Waals surface area contributed by atoms with E-state index in [0.717, 1.165) is 10.9 Å². The molecular weight excluding hydrogens is 318 g/mol. The number of nitrogens with one attached hydrogen (secondary N) is 1. The standard InChI is InChI=1S/C18H17N5O2/c1-10-4-6-13-12(8-10)5-7-14(22-13)16-15(17(24)25-3)11(2)21-18-19-9-20-23(16)18/h4-9,16H,1-3H3,(H,19,20,21)/t16-/m0/s1. The molecule has 0 fully saturated rings. The van der Waals surface area contributed by atoms with Crippen molar-refractivity contribution in [2.24, 2.45) is 0 Å². The van der Waals surface area contributed by atoms with Gasteiger partial charge in [-0.15, -0.1) is 0 Å². The number of carbonyl (C=O) groups excluding carboxylic acids is 1. The predicted molar refractivity (Wildman–Crippen MR) is 93.0 cm³/mol. The highest BCUT2D eigenvalue weighted by molar-refractivity contribution is 5.92. The fourth-order valence-electron chi connectivity index (χ4n) is 3.15. The fraction of sp³-hybridized carbons (Fsp3) is 0.222. The molecule has 1 aromatic carbocycles. The number of aryl methyl sites for hydroxylation is 1. The molecule has 0 saturated carbocycles. The highest BCUT2D eigenvalue weighted by atomic mass is 16.5. The number of allylic oxidation sites excluding steroid dienone is 1. The summed E-state index contributed by atoms with van der Waals surface area (Å²) < 4.78 is 6.63. The Morgan fingerprint density at radius 2 is 2.08 bits per heavy atom. The normalized spacial score (nSPS) is 16.5. The minimum atomic E-state index is -0.489. The number of esters is 1.